The summed E-state index contributed by atoms with van der Waals surface area (Å²) in [6.07, 6.45) is 3.17. The maximum atomic E-state index is 11.9. The summed E-state index contributed by atoms with van der Waals surface area (Å²) in [5, 5.41) is 0. The lowest BCUT2D eigenvalue weighted by molar-refractivity contribution is 0.576. The van der Waals surface area contributed by atoms with Crippen molar-refractivity contribution in [1.82, 2.24) is 4.72 Å². The Hall–Kier alpha value is -1.65. The summed E-state index contributed by atoms with van der Waals surface area (Å²) in [5.41, 5.74) is 2.42. The Kier molecular flexibility index (Phi) is 6.62. The Balaban J connectivity index is 1.64. The molecule has 0 saturated heterocycles. The van der Waals surface area contributed by atoms with E-state index in [1.54, 1.807) is 0 Å². The Labute approximate surface area is 133 Å². The molecule has 0 aliphatic carbocycles. The largest absolute Gasteiger partial charge is 0.215 e. The molecule has 2 rings (SSSR count). The first-order valence-electron chi connectivity index (χ1n) is 7.71. The van der Waals surface area contributed by atoms with Crippen LogP contribution < -0.4 is 4.72 Å². The second-order valence-electron chi connectivity index (χ2n) is 5.39. The van der Waals surface area contributed by atoms with Crippen molar-refractivity contribution in [2.45, 2.75) is 25.7 Å². The molecule has 4 heteroatoms. The van der Waals surface area contributed by atoms with E-state index in [9.17, 15) is 8.42 Å². The molecule has 0 atom stereocenters. The average Bonchev–Trinajstić information content (AvgIpc) is 2.53. The molecule has 0 radical (unpaired) electrons. The van der Waals surface area contributed by atoms with E-state index in [-0.39, 0.29) is 5.75 Å². The zero-order valence-corrected chi connectivity index (χ0v) is 13.6. The molecule has 0 spiro atoms. The maximum absolute atomic E-state index is 11.9. The lowest BCUT2D eigenvalue weighted by Gasteiger charge is -2.07. The molecule has 0 bridgehead atoms. The highest BCUT2D eigenvalue weighted by Crippen LogP contribution is 2.04. The fourth-order valence-corrected chi connectivity index (χ4v) is 3.47. The third-order valence-corrected chi connectivity index (χ3v) is 5.00. The highest BCUT2D eigenvalue weighted by atomic mass is 32.2. The van der Waals surface area contributed by atoms with Gasteiger partial charge in [-0.25, -0.2) is 13.1 Å². The van der Waals surface area contributed by atoms with Gasteiger partial charge in [-0.1, -0.05) is 60.7 Å². The number of sulfonamides is 1. The SMILES string of the molecule is O=S(=O)(CCCc1ccccc1)NCCCc1ccccc1. The summed E-state index contributed by atoms with van der Waals surface area (Å²) in [4.78, 5) is 0. The second kappa shape index (κ2) is 8.71. The quantitative estimate of drug-likeness (QED) is 0.722. The van der Waals surface area contributed by atoms with Gasteiger partial charge in [-0.15, -0.1) is 0 Å². The molecule has 0 saturated carbocycles. The standard InChI is InChI=1S/C18H23NO2S/c20-22(21,16-8-14-18-11-5-2-6-12-18)19-15-7-13-17-9-3-1-4-10-17/h1-6,9-12,19H,7-8,13-16H2. The lowest BCUT2D eigenvalue weighted by Crippen LogP contribution is -2.27. The summed E-state index contributed by atoms with van der Waals surface area (Å²) < 4.78 is 26.5. The number of hydrogen-bond acceptors (Lipinski definition) is 2. The molecule has 1 N–H and O–H groups in total. The van der Waals surface area contributed by atoms with Gasteiger partial charge in [0.15, 0.2) is 0 Å². The second-order valence-corrected chi connectivity index (χ2v) is 7.32. The molecule has 0 heterocycles. The normalized spacial score (nSPS) is 11.5. The van der Waals surface area contributed by atoms with E-state index in [0.717, 1.165) is 19.3 Å². The molecular weight excluding hydrogens is 294 g/mol. The van der Waals surface area contributed by atoms with Gasteiger partial charge in [-0.3, -0.25) is 0 Å². The van der Waals surface area contributed by atoms with Gasteiger partial charge in [0.2, 0.25) is 10.0 Å². The van der Waals surface area contributed by atoms with Crippen molar-refractivity contribution in [3.8, 4) is 0 Å². The molecule has 22 heavy (non-hydrogen) atoms. The lowest BCUT2D eigenvalue weighted by atomic mass is 10.1. The van der Waals surface area contributed by atoms with Crippen LogP contribution in [-0.4, -0.2) is 20.7 Å². The Morgan fingerprint density at radius 3 is 1.77 bits per heavy atom. The van der Waals surface area contributed by atoms with E-state index in [2.05, 4.69) is 16.9 Å². The van der Waals surface area contributed by atoms with Gasteiger partial charge in [-0.2, -0.15) is 0 Å². The fraction of sp³-hybridized carbons (Fsp3) is 0.333. The van der Waals surface area contributed by atoms with Gasteiger partial charge in [0, 0.05) is 6.54 Å². The van der Waals surface area contributed by atoms with Crippen molar-refractivity contribution in [2.24, 2.45) is 0 Å². The van der Waals surface area contributed by atoms with Crippen LogP contribution in [0.3, 0.4) is 0 Å². The number of hydrogen-bond donors (Lipinski definition) is 1. The third kappa shape index (κ3) is 6.41. The first-order chi connectivity index (χ1) is 10.7. The van der Waals surface area contributed by atoms with Gasteiger partial charge in [0.05, 0.1) is 5.75 Å². The van der Waals surface area contributed by atoms with Gasteiger partial charge in [-0.05, 0) is 36.8 Å². The van der Waals surface area contributed by atoms with Crippen LogP contribution in [0.5, 0.6) is 0 Å². The predicted molar refractivity (Wildman–Crippen MR) is 91.3 cm³/mol. The van der Waals surface area contributed by atoms with Crippen LogP contribution in [0.2, 0.25) is 0 Å². The van der Waals surface area contributed by atoms with Gasteiger partial charge in [0.25, 0.3) is 0 Å². The van der Waals surface area contributed by atoms with Crippen LogP contribution in [0.4, 0.5) is 0 Å². The number of aryl methyl sites for hydroxylation is 2. The zero-order valence-electron chi connectivity index (χ0n) is 12.7. The van der Waals surface area contributed by atoms with E-state index in [0.29, 0.717) is 13.0 Å². The molecule has 0 fully saturated rings. The van der Waals surface area contributed by atoms with Crippen LogP contribution in [0.25, 0.3) is 0 Å². The molecule has 2 aromatic rings. The van der Waals surface area contributed by atoms with Crippen LogP contribution >= 0.6 is 0 Å². The van der Waals surface area contributed by atoms with Crippen molar-refractivity contribution in [1.29, 1.82) is 0 Å². The van der Waals surface area contributed by atoms with Crippen molar-refractivity contribution in [2.75, 3.05) is 12.3 Å². The van der Waals surface area contributed by atoms with Crippen LogP contribution in [0, 0.1) is 0 Å². The minimum atomic E-state index is -3.16. The smallest absolute Gasteiger partial charge is 0.211 e. The Bertz CT molecular complexity index is 639. The van der Waals surface area contributed by atoms with E-state index in [1.807, 2.05) is 48.5 Å². The van der Waals surface area contributed by atoms with Crippen molar-refractivity contribution >= 4 is 10.0 Å². The van der Waals surface area contributed by atoms with Crippen LogP contribution in [0.15, 0.2) is 60.7 Å². The Morgan fingerprint density at radius 1 is 0.727 bits per heavy atom. The zero-order chi connectivity index (χ0) is 15.7. The molecule has 0 aromatic heterocycles. The minimum Gasteiger partial charge on any atom is -0.215 e. The van der Waals surface area contributed by atoms with Gasteiger partial charge in [0.1, 0.15) is 0 Å². The molecule has 0 amide bonds. The van der Waals surface area contributed by atoms with Gasteiger partial charge >= 0.3 is 0 Å². The highest BCUT2D eigenvalue weighted by Gasteiger charge is 2.09. The van der Waals surface area contributed by atoms with E-state index >= 15 is 0 Å². The fourth-order valence-electron chi connectivity index (χ4n) is 2.35. The first-order valence-corrected chi connectivity index (χ1v) is 9.36. The van der Waals surface area contributed by atoms with E-state index in [1.165, 1.54) is 11.1 Å². The van der Waals surface area contributed by atoms with Crippen molar-refractivity contribution in [3.63, 3.8) is 0 Å². The monoisotopic (exact) mass is 317 g/mol. The molecule has 0 unspecified atom stereocenters. The van der Waals surface area contributed by atoms with E-state index in [4.69, 9.17) is 0 Å². The number of nitrogens with one attached hydrogen (secondary N) is 1. The molecule has 0 aliphatic rings. The van der Waals surface area contributed by atoms with E-state index < -0.39 is 10.0 Å². The van der Waals surface area contributed by atoms with Crippen molar-refractivity contribution < 1.29 is 8.42 Å². The maximum Gasteiger partial charge on any atom is 0.211 e. The molecule has 0 aliphatic heterocycles. The highest BCUT2D eigenvalue weighted by molar-refractivity contribution is 7.89. The number of benzene rings is 2. The van der Waals surface area contributed by atoms with Crippen LogP contribution in [0.1, 0.15) is 24.0 Å². The molecule has 118 valence electrons. The predicted octanol–water partition coefficient (Wildman–Crippen LogP) is 3.17. The third-order valence-electron chi connectivity index (χ3n) is 3.53. The topological polar surface area (TPSA) is 46.2 Å². The summed E-state index contributed by atoms with van der Waals surface area (Å²) >= 11 is 0. The summed E-state index contributed by atoms with van der Waals surface area (Å²) in [7, 11) is -3.16. The molecular formula is C18H23NO2S. The van der Waals surface area contributed by atoms with Crippen LogP contribution in [-0.2, 0) is 22.9 Å². The number of rotatable bonds is 9. The summed E-state index contributed by atoms with van der Waals surface area (Å²) in [6.45, 7) is 0.503. The van der Waals surface area contributed by atoms with Gasteiger partial charge < -0.3 is 0 Å². The summed E-state index contributed by atoms with van der Waals surface area (Å²) in [5.74, 6) is 0.188. The van der Waals surface area contributed by atoms with Crippen molar-refractivity contribution in [3.05, 3.63) is 71.8 Å². The summed E-state index contributed by atoms with van der Waals surface area (Å²) in [6, 6.07) is 20.1. The molecule has 2 aromatic carbocycles. The minimum absolute atomic E-state index is 0.188. The first kappa shape index (κ1) is 16.7. The average molecular weight is 317 g/mol. The molecule has 3 nitrogen and oxygen atoms in total. The Morgan fingerprint density at radius 2 is 1.23 bits per heavy atom.